The van der Waals surface area contributed by atoms with Crippen LogP contribution >= 0.6 is 11.6 Å². The number of amides is 2. The average molecular weight is 426 g/mol. The number of carbonyl (C=O) groups excluding carboxylic acids is 2. The van der Waals surface area contributed by atoms with Gasteiger partial charge < -0.3 is 20.5 Å². The molecule has 0 aliphatic carbocycles. The number of fused-ring (bicyclic) bond motifs is 1. The molecule has 3 aromatic rings. The van der Waals surface area contributed by atoms with E-state index >= 15 is 0 Å². The molecule has 2 amide bonds. The number of rotatable bonds is 6. The standard InChI is InChI=1S/C22H24ClN5O2/c23-17-1-2-19-16(13-17)14-20(27-19)22(30)26-10-9-25-21(29)15-5-11-28(12-6-15)18-3-7-24-8-4-18/h1-4,7-8,13-15,27H,5-6,9-12H2,(H,25,29)(H,26,30). The number of benzene rings is 1. The third-order valence-corrected chi connectivity index (χ3v) is 5.67. The van der Waals surface area contributed by atoms with Gasteiger partial charge >= 0.3 is 0 Å². The highest BCUT2D eigenvalue weighted by Gasteiger charge is 2.24. The number of nitrogens with one attached hydrogen (secondary N) is 3. The Kier molecular flexibility index (Phi) is 6.18. The van der Waals surface area contributed by atoms with E-state index in [9.17, 15) is 9.59 Å². The lowest BCUT2D eigenvalue weighted by atomic mass is 9.95. The van der Waals surface area contributed by atoms with Crippen LogP contribution in [0.1, 0.15) is 23.3 Å². The number of H-pyrrole nitrogens is 1. The van der Waals surface area contributed by atoms with Crippen LogP contribution in [0.4, 0.5) is 5.69 Å². The van der Waals surface area contributed by atoms with E-state index in [2.05, 4.69) is 25.5 Å². The van der Waals surface area contributed by atoms with Gasteiger partial charge in [-0.2, -0.15) is 0 Å². The molecule has 0 unspecified atom stereocenters. The maximum absolute atomic E-state index is 12.4. The first-order valence-electron chi connectivity index (χ1n) is 10.1. The number of aromatic amines is 1. The maximum atomic E-state index is 12.4. The van der Waals surface area contributed by atoms with Gasteiger partial charge in [-0.25, -0.2) is 0 Å². The van der Waals surface area contributed by atoms with E-state index in [1.807, 2.05) is 24.3 Å². The Balaban J connectivity index is 1.19. The molecule has 0 bridgehead atoms. The van der Waals surface area contributed by atoms with Crippen LogP contribution in [-0.4, -0.2) is 48.0 Å². The number of piperidine rings is 1. The minimum atomic E-state index is -0.206. The summed E-state index contributed by atoms with van der Waals surface area (Å²) in [5.74, 6) is -0.140. The van der Waals surface area contributed by atoms with Gasteiger partial charge in [-0.1, -0.05) is 11.6 Å². The highest BCUT2D eigenvalue weighted by molar-refractivity contribution is 6.31. The van der Waals surface area contributed by atoms with Crippen molar-refractivity contribution in [2.45, 2.75) is 12.8 Å². The van der Waals surface area contributed by atoms with Crippen LogP contribution in [0, 0.1) is 5.92 Å². The predicted molar refractivity (Wildman–Crippen MR) is 118 cm³/mol. The molecule has 0 saturated carbocycles. The topological polar surface area (TPSA) is 90.1 Å². The minimum absolute atomic E-state index is 0.0113. The van der Waals surface area contributed by atoms with Crippen LogP contribution in [0.25, 0.3) is 10.9 Å². The van der Waals surface area contributed by atoms with E-state index in [-0.39, 0.29) is 17.7 Å². The molecule has 1 saturated heterocycles. The van der Waals surface area contributed by atoms with E-state index in [0.717, 1.165) is 42.5 Å². The molecule has 3 N–H and O–H groups in total. The molecule has 1 aliphatic rings. The van der Waals surface area contributed by atoms with Crippen molar-refractivity contribution in [3.63, 3.8) is 0 Å². The average Bonchev–Trinajstić information content (AvgIpc) is 3.20. The number of hydrogen-bond acceptors (Lipinski definition) is 4. The molecule has 8 heteroatoms. The van der Waals surface area contributed by atoms with Crippen molar-refractivity contribution in [1.29, 1.82) is 0 Å². The number of pyridine rings is 1. The lowest BCUT2D eigenvalue weighted by Gasteiger charge is -2.32. The zero-order chi connectivity index (χ0) is 20.9. The molecular formula is C22H24ClN5O2. The number of anilines is 1. The van der Waals surface area contributed by atoms with Gasteiger partial charge in [0.15, 0.2) is 0 Å². The van der Waals surface area contributed by atoms with Crippen LogP contribution < -0.4 is 15.5 Å². The van der Waals surface area contributed by atoms with Gasteiger partial charge in [-0.3, -0.25) is 14.6 Å². The first-order valence-corrected chi connectivity index (χ1v) is 10.5. The molecule has 30 heavy (non-hydrogen) atoms. The molecule has 156 valence electrons. The van der Waals surface area contributed by atoms with E-state index in [1.54, 1.807) is 24.5 Å². The summed E-state index contributed by atoms with van der Waals surface area (Å²) in [6.45, 7) is 2.48. The van der Waals surface area contributed by atoms with Crippen molar-refractivity contribution < 1.29 is 9.59 Å². The van der Waals surface area contributed by atoms with Crippen LogP contribution in [0.5, 0.6) is 0 Å². The van der Waals surface area contributed by atoms with Crippen LogP contribution in [0.15, 0.2) is 48.8 Å². The summed E-state index contributed by atoms with van der Waals surface area (Å²) in [7, 11) is 0. The van der Waals surface area contributed by atoms with Gasteiger partial charge in [0.05, 0.1) is 0 Å². The second-order valence-electron chi connectivity index (χ2n) is 7.43. The molecule has 4 rings (SSSR count). The molecular weight excluding hydrogens is 402 g/mol. The Bertz CT molecular complexity index is 1030. The monoisotopic (exact) mass is 425 g/mol. The smallest absolute Gasteiger partial charge is 0.267 e. The van der Waals surface area contributed by atoms with Crippen LogP contribution in [0.2, 0.25) is 5.02 Å². The molecule has 1 aliphatic heterocycles. The van der Waals surface area contributed by atoms with Gasteiger partial charge in [-0.15, -0.1) is 0 Å². The molecule has 0 radical (unpaired) electrons. The number of aromatic nitrogens is 2. The summed E-state index contributed by atoms with van der Waals surface area (Å²) in [6.07, 6.45) is 5.21. The molecule has 0 atom stereocenters. The third kappa shape index (κ3) is 4.74. The minimum Gasteiger partial charge on any atom is -0.371 e. The Hall–Kier alpha value is -3.06. The van der Waals surface area contributed by atoms with Crippen molar-refractivity contribution in [3.8, 4) is 0 Å². The van der Waals surface area contributed by atoms with Crippen molar-refractivity contribution >= 4 is 40.0 Å². The predicted octanol–water partition coefficient (Wildman–Crippen LogP) is 2.98. The molecule has 1 fully saturated rings. The van der Waals surface area contributed by atoms with Gasteiger partial charge in [0.25, 0.3) is 5.91 Å². The molecule has 1 aromatic carbocycles. The summed E-state index contributed by atoms with van der Waals surface area (Å²) in [5, 5.41) is 7.28. The molecule has 7 nitrogen and oxygen atoms in total. The van der Waals surface area contributed by atoms with Crippen molar-refractivity contribution in [1.82, 2.24) is 20.6 Å². The van der Waals surface area contributed by atoms with Gasteiger partial charge in [0.2, 0.25) is 5.91 Å². The summed E-state index contributed by atoms with van der Waals surface area (Å²) < 4.78 is 0. The molecule has 0 spiro atoms. The summed E-state index contributed by atoms with van der Waals surface area (Å²) in [4.78, 5) is 34.1. The maximum Gasteiger partial charge on any atom is 0.267 e. The van der Waals surface area contributed by atoms with E-state index in [1.165, 1.54) is 0 Å². The number of halogens is 1. The van der Waals surface area contributed by atoms with Gasteiger partial charge in [0, 0.05) is 66.1 Å². The van der Waals surface area contributed by atoms with Gasteiger partial charge in [-0.05, 0) is 49.2 Å². The van der Waals surface area contributed by atoms with Crippen molar-refractivity contribution in [2.24, 2.45) is 5.92 Å². The van der Waals surface area contributed by atoms with Crippen LogP contribution in [0.3, 0.4) is 0 Å². The first-order chi connectivity index (χ1) is 14.6. The van der Waals surface area contributed by atoms with E-state index in [4.69, 9.17) is 11.6 Å². The SMILES string of the molecule is O=C(NCCNC(=O)C1CCN(c2ccncc2)CC1)c1cc2cc(Cl)ccc2[nH]1. The Morgan fingerprint density at radius 3 is 2.57 bits per heavy atom. The van der Waals surface area contributed by atoms with E-state index in [0.29, 0.717) is 23.8 Å². The quantitative estimate of drug-likeness (QED) is 0.529. The number of hydrogen-bond donors (Lipinski definition) is 3. The second kappa shape index (κ2) is 9.17. The zero-order valence-electron chi connectivity index (χ0n) is 16.5. The first kappa shape index (κ1) is 20.2. The highest BCUT2D eigenvalue weighted by atomic mass is 35.5. The van der Waals surface area contributed by atoms with E-state index < -0.39 is 0 Å². The lowest BCUT2D eigenvalue weighted by molar-refractivity contribution is -0.125. The van der Waals surface area contributed by atoms with Crippen molar-refractivity contribution in [2.75, 3.05) is 31.1 Å². The van der Waals surface area contributed by atoms with Gasteiger partial charge in [0.1, 0.15) is 5.69 Å². The number of nitrogens with zero attached hydrogens (tertiary/aromatic N) is 2. The Morgan fingerprint density at radius 1 is 1.07 bits per heavy atom. The summed E-state index contributed by atoms with van der Waals surface area (Å²) in [6, 6.07) is 11.2. The number of carbonyl (C=O) groups is 2. The molecule has 2 aromatic heterocycles. The molecule has 3 heterocycles. The Morgan fingerprint density at radius 2 is 1.80 bits per heavy atom. The highest BCUT2D eigenvalue weighted by Crippen LogP contribution is 2.23. The Labute approximate surface area is 179 Å². The fourth-order valence-electron chi connectivity index (χ4n) is 3.78. The summed E-state index contributed by atoms with van der Waals surface area (Å²) >= 11 is 5.98. The third-order valence-electron chi connectivity index (χ3n) is 5.43. The normalized spacial score (nSPS) is 14.6. The lowest BCUT2D eigenvalue weighted by Crippen LogP contribution is -2.42. The van der Waals surface area contributed by atoms with Crippen molar-refractivity contribution in [3.05, 3.63) is 59.5 Å². The van der Waals surface area contributed by atoms with Crippen LogP contribution in [-0.2, 0) is 4.79 Å². The summed E-state index contributed by atoms with van der Waals surface area (Å²) in [5.41, 5.74) is 2.48. The largest absolute Gasteiger partial charge is 0.371 e. The fraction of sp³-hybridized carbons (Fsp3) is 0.318. The zero-order valence-corrected chi connectivity index (χ0v) is 17.3. The second-order valence-corrected chi connectivity index (χ2v) is 7.86. The fourth-order valence-corrected chi connectivity index (χ4v) is 3.96.